The summed E-state index contributed by atoms with van der Waals surface area (Å²) in [7, 11) is 0. The van der Waals surface area contributed by atoms with Crippen molar-refractivity contribution >= 4 is 40.1 Å². The summed E-state index contributed by atoms with van der Waals surface area (Å²) in [5, 5.41) is 6.22. The van der Waals surface area contributed by atoms with Gasteiger partial charge >= 0.3 is 0 Å². The van der Waals surface area contributed by atoms with Gasteiger partial charge < -0.3 is 15.2 Å². The van der Waals surface area contributed by atoms with Crippen LogP contribution in [-0.2, 0) is 22.6 Å². The van der Waals surface area contributed by atoms with Gasteiger partial charge in [-0.2, -0.15) is 0 Å². The number of carbonyl (C=O) groups excluding carboxylic acids is 2. The molecular weight excluding hydrogens is 364 g/mol. The van der Waals surface area contributed by atoms with E-state index in [-0.39, 0.29) is 18.4 Å². The summed E-state index contributed by atoms with van der Waals surface area (Å²) in [5.74, 6) is 0.621. The molecule has 0 aliphatic rings. The van der Waals surface area contributed by atoms with Gasteiger partial charge in [-0.05, 0) is 36.8 Å². The van der Waals surface area contributed by atoms with Crippen molar-refractivity contribution in [3.63, 3.8) is 0 Å². The summed E-state index contributed by atoms with van der Waals surface area (Å²) >= 11 is 5.97. The molecule has 2 aromatic carbocycles. The Kier molecular flexibility index (Phi) is 6.08. The van der Waals surface area contributed by atoms with Gasteiger partial charge in [-0.3, -0.25) is 9.59 Å². The van der Waals surface area contributed by atoms with Gasteiger partial charge in [0.05, 0.1) is 11.0 Å². The highest BCUT2D eigenvalue weighted by Gasteiger charge is 2.13. The van der Waals surface area contributed by atoms with E-state index in [9.17, 15) is 9.59 Å². The smallest absolute Gasteiger partial charge is 0.244 e. The number of hydrogen-bond donors (Lipinski definition) is 2. The Morgan fingerprint density at radius 1 is 1.15 bits per heavy atom. The highest BCUT2D eigenvalue weighted by atomic mass is 35.5. The van der Waals surface area contributed by atoms with Crippen LogP contribution < -0.4 is 10.6 Å². The van der Waals surface area contributed by atoms with E-state index >= 15 is 0 Å². The van der Waals surface area contributed by atoms with Gasteiger partial charge in [-0.15, -0.1) is 0 Å². The molecular formula is C20H21ClN4O2. The van der Waals surface area contributed by atoms with E-state index < -0.39 is 0 Å². The fourth-order valence-corrected chi connectivity index (χ4v) is 3.10. The van der Waals surface area contributed by atoms with Gasteiger partial charge in [0.25, 0.3) is 0 Å². The number of aromatic nitrogens is 2. The molecule has 0 aliphatic heterocycles. The summed E-state index contributed by atoms with van der Waals surface area (Å²) in [4.78, 5) is 28.2. The van der Waals surface area contributed by atoms with Crippen molar-refractivity contribution in [2.24, 2.45) is 0 Å². The molecule has 0 unspecified atom stereocenters. The van der Waals surface area contributed by atoms with E-state index in [2.05, 4.69) is 15.6 Å². The summed E-state index contributed by atoms with van der Waals surface area (Å²) in [5.41, 5.74) is 2.42. The van der Waals surface area contributed by atoms with Crippen molar-refractivity contribution in [3.8, 4) is 0 Å². The summed E-state index contributed by atoms with van der Waals surface area (Å²) < 4.78 is 1.92. The van der Waals surface area contributed by atoms with E-state index in [1.165, 1.54) is 6.92 Å². The molecule has 0 aliphatic carbocycles. The third-order valence-electron chi connectivity index (χ3n) is 4.09. The Morgan fingerprint density at radius 2 is 1.96 bits per heavy atom. The average molecular weight is 385 g/mol. The van der Waals surface area contributed by atoms with Gasteiger partial charge in [0, 0.05) is 30.6 Å². The molecule has 2 amide bonds. The highest BCUT2D eigenvalue weighted by Crippen LogP contribution is 2.18. The van der Waals surface area contributed by atoms with Crippen LogP contribution in [0.25, 0.3) is 11.0 Å². The predicted molar refractivity (Wildman–Crippen MR) is 107 cm³/mol. The van der Waals surface area contributed by atoms with E-state index in [1.54, 1.807) is 24.3 Å². The molecule has 0 saturated heterocycles. The normalized spacial score (nSPS) is 10.7. The lowest BCUT2D eigenvalue weighted by Crippen LogP contribution is -2.23. The van der Waals surface area contributed by atoms with Crippen molar-refractivity contribution in [1.29, 1.82) is 0 Å². The Morgan fingerprint density at radius 3 is 2.74 bits per heavy atom. The molecule has 140 valence electrons. The third-order valence-corrected chi connectivity index (χ3v) is 4.33. The maximum Gasteiger partial charge on any atom is 0.244 e. The number of imidazole rings is 1. The molecule has 0 fully saturated rings. The fraction of sp³-hybridized carbons (Fsp3) is 0.250. The first kappa shape index (κ1) is 18.9. The molecule has 3 aromatic rings. The molecule has 0 bridgehead atoms. The second kappa shape index (κ2) is 8.68. The number of fused-ring (bicyclic) bond motifs is 1. The van der Waals surface area contributed by atoms with Crippen LogP contribution in [0.15, 0.2) is 48.5 Å². The maximum atomic E-state index is 12.5. The lowest BCUT2D eigenvalue weighted by atomic mass is 10.3. The van der Waals surface area contributed by atoms with Crippen molar-refractivity contribution in [2.75, 3.05) is 11.9 Å². The quantitative estimate of drug-likeness (QED) is 0.613. The largest absolute Gasteiger partial charge is 0.356 e. The first-order valence-corrected chi connectivity index (χ1v) is 9.15. The Labute approximate surface area is 162 Å². The van der Waals surface area contributed by atoms with E-state index in [0.29, 0.717) is 23.7 Å². The monoisotopic (exact) mass is 384 g/mol. The Balaban J connectivity index is 1.76. The number of hydrogen-bond acceptors (Lipinski definition) is 3. The maximum absolute atomic E-state index is 12.5. The number of halogens is 1. The van der Waals surface area contributed by atoms with Crippen LogP contribution in [0.4, 0.5) is 5.69 Å². The summed E-state index contributed by atoms with van der Waals surface area (Å²) in [6.45, 7) is 2.23. The molecule has 1 heterocycles. The van der Waals surface area contributed by atoms with Gasteiger partial charge in [0.1, 0.15) is 12.4 Å². The van der Waals surface area contributed by atoms with E-state index in [4.69, 9.17) is 11.6 Å². The molecule has 3 rings (SSSR count). The van der Waals surface area contributed by atoms with Crippen molar-refractivity contribution < 1.29 is 9.59 Å². The standard InChI is InChI=1S/C20H21ClN4O2/c1-14(26)22-11-5-10-19-24-17-8-2-3-9-18(17)25(19)13-20(27)23-16-7-4-6-15(21)12-16/h2-4,6-9,12H,5,10-11,13H2,1H3,(H,22,26)(H,23,27). The van der Waals surface area contributed by atoms with Crippen molar-refractivity contribution in [1.82, 2.24) is 14.9 Å². The van der Waals surface area contributed by atoms with Gasteiger partial charge in [0.15, 0.2) is 0 Å². The van der Waals surface area contributed by atoms with Crippen LogP contribution in [0.5, 0.6) is 0 Å². The van der Waals surface area contributed by atoms with Crippen LogP contribution in [0, 0.1) is 0 Å². The van der Waals surface area contributed by atoms with Crippen molar-refractivity contribution in [3.05, 3.63) is 59.4 Å². The lowest BCUT2D eigenvalue weighted by molar-refractivity contribution is -0.119. The number of aryl methyl sites for hydroxylation is 1. The minimum absolute atomic E-state index is 0.0515. The van der Waals surface area contributed by atoms with Crippen LogP contribution in [-0.4, -0.2) is 27.9 Å². The molecule has 2 N–H and O–H groups in total. The zero-order valence-corrected chi connectivity index (χ0v) is 15.8. The van der Waals surface area contributed by atoms with Crippen LogP contribution in [0.2, 0.25) is 5.02 Å². The number of anilines is 1. The number of nitrogens with one attached hydrogen (secondary N) is 2. The number of carbonyl (C=O) groups is 2. The Hall–Kier alpha value is -2.86. The van der Waals surface area contributed by atoms with Crippen LogP contribution in [0.3, 0.4) is 0 Å². The van der Waals surface area contributed by atoms with Gasteiger partial charge in [0.2, 0.25) is 11.8 Å². The highest BCUT2D eigenvalue weighted by molar-refractivity contribution is 6.30. The zero-order valence-electron chi connectivity index (χ0n) is 15.0. The molecule has 1 aromatic heterocycles. The number of benzene rings is 2. The van der Waals surface area contributed by atoms with Gasteiger partial charge in [-0.25, -0.2) is 4.98 Å². The number of amides is 2. The molecule has 27 heavy (non-hydrogen) atoms. The minimum Gasteiger partial charge on any atom is -0.356 e. The molecule has 0 saturated carbocycles. The fourth-order valence-electron chi connectivity index (χ4n) is 2.91. The molecule has 0 radical (unpaired) electrons. The van der Waals surface area contributed by atoms with E-state index in [1.807, 2.05) is 28.8 Å². The topological polar surface area (TPSA) is 76.0 Å². The first-order valence-electron chi connectivity index (χ1n) is 8.77. The Bertz CT molecular complexity index is 968. The second-order valence-electron chi connectivity index (χ2n) is 6.25. The average Bonchev–Trinajstić information content (AvgIpc) is 2.96. The summed E-state index contributed by atoms with van der Waals surface area (Å²) in [6, 6.07) is 14.8. The SMILES string of the molecule is CC(=O)NCCCc1nc2ccccc2n1CC(=O)Nc1cccc(Cl)c1. The minimum atomic E-state index is -0.150. The first-order chi connectivity index (χ1) is 13.0. The predicted octanol–water partition coefficient (Wildman–Crippen LogP) is 3.40. The van der Waals surface area contributed by atoms with E-state index in [0.717, 1.165) is 23.3 Å². The van der Waals surface area contributed by atoms with Crippen LogP contribution in [0.1, 0.15) is 19.2 Å². The molecule has 0 atom stereocenters. The summed E-state index contributed by atoms with van der Waals surface area (Å²) in [6.07, 6.45) is 1.41. The zero-order chi connectivity index (χ0) is 19.2. The molecule has 0 spiro atoms. The lowest BCUT2D eigenvalue weighted by Gasteiger charge is -2.10. The number of nitrogens with zero attached hydrogens (tertiary/aromatic N) is 2. The third kappa shape index (κ3) is 5.08. The molecule has 7 heteroatoms. The molecule has 6 nitrogen and oxygen atoms in total. The number of rotatable bonds is 7. The van der Waals surface area contributed by atoms with Crippen LogP contribution >= 0.6 is 11.6 Å². The number of para-hydroxylation sites is 2. The van der Waals surface area contributed by atoms with Gasteiger partial charge in [-0.1, -0.05) is 29.8 Å². The van der Waals surface area contributed by atoms with Crippen molar-refractivity contribution in [2.45, 2.75) is 26.3 Å². The second-order valence-corrected chi connectivity index (χ2v) is 6.68.